The highest BCUT2D eigenvalue weighted by Gasteiger charge is 2.45. The van der Waals surface area contributed by atoms with Gasteiger partial charge in [-0.2, -0.15) is 0 Å². The van der Waals surface area contributed by atoms with E-state index in [1.165, 1.54) is 0 Å². The molecule has 2 N–H and O–H groups in total. The summed E-state index contributed by atoms with van der Waals surface area (Å²) in [6, 6.07) is 4.33. The van der Waals surface area contributed by atoms with E-state index in [9.17, 15) is 19.2 Å². The molecule has 7 nitrogen and oxygen atoms in total. The lowest BCUT2D eigenvalue weighted by molar-refractivity contribution is -0.136. The first-order chi connectivity index (χ1) is 13.5. The highest BCUT2D eigenvalue weighted by atomic mass is 32.2. The number of imide groups is 2. The standard InChI is InChI=1S/C20H25N3O4S/c1-21-11-4-2-3-5-12-28-15-8-6-7-13-17(15)20(27)23(19(13)26)14-9-10-16(24)22-18(14)25/h6-8,14,21H,2-5,9-12H2,1H3,(H,22,24,25). The molecular formula is C20H25N3O4S. The van der Waals surface area contributed by atoms with E-state index in [1.807, 2.05) is 13.1 Å². The summed E-state index contributed by atoms with van der Waals surface area (Å²) in [6.07, 6.45) is 4.77. The maximum atomic E-state index is 13.0. The molecule has 4 amide bonds. The minimum absolute atomic E-state index is 0.124. The average molecular weight is 404 g/mol. The second-order valence-electron chi connectivity index (χ2n) is 6.99. The Hall–Kier alpha value is -2.19. The molecule has 0 radical (unpaired) electrons. The van der Waals surface area contributed by atoms with Crippen LogP contribution in [0.4, 0.5) is 0 Å². The number of carbonyl (C=O) groups is 4. The molecule has 1 fully saturated rings. The van der Waals surface area contributed by atoms with Crippen LogP contribution < -0.4 is 10.6 Å². The summed E-state index contributed by atoms with van der Waals surface area (Å²) in [5.41, 5.74) is 0.728. The number of hydrogen-bond acceptors (Lipinski definition) is 6. The second-order valence-corrected chi connectivity index (χ2v) is 8.13. The number of rotatable bonds is 9. The summed E-state index contributed by atoms with van der Waals surface area (Å²) in [7, 11) is 1.95. The van der Waals surface area contributed by atoms with Gasteiger partial charge in [-0.25, -0.2) is 0 Å². The highest BCUT2D eigenvalue weighted by molar-refractivity contribution is 7.99. The molecule has 1 aromatic rings. The first kappa shape index (κ1) is 20.5. The van der Waals surface area contributed by atoms with Crippen molar-refractivity contribution in [2.24, 2.45) is 0 Å². The third-order valence-electron chi connectivity index (χ3n) is 5.01. The number of carbonyl (C=O) groups excluding carboxylic acids is 4. The summed E-state index contributed by atoms with van der Waals surface area (Å²) in [6.45, 7) is 1.02. The number of benzene rings is 1. The SMILES string of the molecule is CNCCCCCCSc1cccc2c1C(=O)N(C1CCC(=O)NC1=O)C2=O. The lowest BCUT2D eigenvalue weighted by atomic mass is 10.0. The molecular weight excluding hydrogens is 378 g/mol. The van der Waals surface area contributed by atoms with Gasteiger partial charge in [0, 0.05) is 11.3 Å². The van der Waals surface area contributed by atoms with E-state index in [1.54, 1.807) is 23.9 Å². The molecule has 2 aliphatic rings. The van der Waals surface area contributed by atoms with E-state index in [0.717, 1.165) is 47.8 Å². The Morgan fingerprint density at radius 3 is 2.64 bits per heavy atom. The zero-order valence-electron chi connectivity index (χ0n) is 16.0. The van der Waals surface area contributed by atoms with E-state index >= 15 is 0 Å². The van der Waals surface area contributed by atoms with Crippen molar-refractivity contribution >= 4 is 35.4 Å². The normalized spacial score (nSPS) is 19.2. The highest BCUT2D eigenvalue weighted by Crippen LogP contribution is 2.34. The molecule has 0 aromatic heterocycles. The van der Waals surface area contributed by atoms with Gasteiger partial charge in [-0.05, 0) is 50.7 Å². The topological polar surface area (TPSA) is 95.6 Å². The summed E-state index contributed by atoms with van der Waals surface area (Å²) < 4.78 is 0. The summed E-state index contributed by atoms with van der Waals surface area (Å²) in [4.78, 5) is 51.1. The van der Waals surface area contributed by atoms with Crippen molar-refractivity contribution in [2.75, 3.05) is 19.3 Å². The molecule has 0 saturated carbocycles. The van der Waals surface area contributed by atoms with E-state index in [-0.39, 0.29) is 18.7 Å². The molecule has 0 bridgehead atoms. The molecule has 8 heteroatoms. The number of fused-ring (bicyclic) bond motifs is 1. The Kier molecular flexibility index (Phi) is 6.85. The Bertz CT molecular complexity index is 796. The number of hydrogen-bond donors (Lipinski definition) is 2. The third-order valence-corrected chi connectivity index (χ3v) is 6.15. The van der Waals surface area contributed by atoms with Crippen LogP contribution in [0.3, 0.4) is 0 Å². The maximum Gasteiger partial charge on any atom is 0.263 e. The van der Waals surface area contributed by atoms with Gasteiger partial charge in [0.15, 0.2) is 0 Å². The van der Waals surface area contributed by atoms with Crippen LogP contribution in [0.1, 0.15) is 59.2 Å². The van der Waals surface area contributed by atoms with Gasteiger partial charge < -0.3 is 5.32 Å². The van der Waals surface area contributed by atoms with E-state index in [2.05, 4.69) is 10.6 Å². The smallest absolute Gasteiger partial charge is 0.263 e. The Labute approximate surface area is 168 Å². The lowest BCUT2D eigenvalue weighted by Gasteiger charge is -2.27. The van der Waals surface area contributed by atoms with Crippen LogP contribution in [0, 0.1) is 0 Å². The fourth-order valence-corrected chi connectivity index (χ4v) is 4.63. The minimum Gasteiger partial charge on any atom is -0.320 e. The first-order valence-corrected chi connectivity index (χ1v) is 10.6. The van der Waals surface area contributed by atoms with Gasteiger partial charge in [0.1, 0.15) is 6.04 Å². The fraction of sp³-hybridized carbons (Fsp3) is 0.500. The van der Waals surface area contributed by atoms with Crippen LogP contribution in [-0.4, -0.2) is 53.9 Å². The van der Waals surface area contributed by atoms with Crippen molar-refractivity contribution in [1.29, 1.82) is 0 Å². The number of thioether (sulfide) groups is 1. The van der Waals surface area contributed by atoms with Gasteiger partial charge in [0.05, 0.1) is 11.1 Å². The lowest BCUT2D eigenvalue weighted by Crippen LogP contribution is -2.54. The summed E-state index contributed by atoms with van der Waals surface area (Å²) in [5, 5.41) is 5.35. The largest absolute Gasteiger partial charge is 0.320 e. The predicted molar refractivity (Wildman–Crippen MR) is 106 cm³/mol. The van der Waals surface area contributed by atoms with Crippen molar-refractivity contribution in [1.82, 2.24) is 15.5 Å². The molecule has 28 heavy (non-hydrogen) atoms. The van der Waals surface area contributed by atoms with Crippen LogP contribution in [0.2, 0.25) is 0 Å². The number of nitrogens with zero attached hydrogens (tertiary/aromatic N) is 1. The summed E-state index contributed by atoms with van der Waals surface area (Å²) in [5.74, 6) is -0.975. The molecule has 2 heterocycles. The average Bonchev–Trinajstić information content (AvgIpc) is 2.93. The molecule has 0 spiro atoms. The van der Waals surface area contributed by atoms with Crippen molar-refractivity contribution in [3.05, 3.63) is 29.3 Å². The zero-order valence-corrected chi connectivity index (χ0v) is 16.8. The van der Waals surface area contributed by atoms with Crippen LogP contribution in [0.5, 0.6) is 0 Å². The minimum atomic E-state index is -0.921. The quantitative estimate of drug-likeness (QED) is 0.372. The van der Waals surface area contributed by atoms with E-state index in [4.69, 9.17) is 0 Å². The van der Waals surface area contributed by atoms with Crippen molar-refractivity contribution in [2.45, 2.75) is 49.5 Å². The molecule has 2 aliphatic heterocycles. The van der Waals surface area contributed by atoms with Gasteiger partial charge >= 0.3 is 0 Å². The van der Waals surface area contributed by atoms with Crippen molar-refractivity contribution in [3.63, 3.8) is 0 Å². The molecule has 1 saturated heterocycles. The van der Waals surface area contributed by atoms with Crippen molar-refractivity contribution < 1.29 is 19.2 Å². The maximum absolute atomic E-state index is 13.0. The predicted octanol–water partition coefficient (Wildman–Crippen LogP) is 1.96. The number of unbranched alkanes of at least 4 members (excludes halogenated alkanes) is 3. The first-order valence-electron chi connectivity index (χ1n) is 9.66. The van der Waals surface area contributed by atoms with Crippen LogP contribution >= 0.6 is 11.8 Å². The second kappa shape index (κ2) is 9.34. The molecule has 150 valence electrons. The third kappa shape index (κ3) is 4.28. The van der Waals surface area contributed by atoms with Gasteiger partial charge in [0.2, 0.25) is 11.8 Å². The van der Waals surface area contributed by atoms with E-state index in [0.29, 0.717) is 11.1 Å². The van der Waals surface area contributed by atoms with Gasteiger partial charge in [0.25, 0.3) is 11.8 Å². The monoisotopic (exact) mass is 403 g/mol. The van der Waals surface area contributed by atoms with Gasteiger partial charge in [-0.15, -0.1) is 11.8 Å². The molecule has 1 atom stereocenters. The summed E-state index contributed by atoms with van der Waals surface area (Å²) >= 11 is 1.58. The van der Waals surface area contributed by atoms with E-state index < -0.39 is 23.8 Å². The van der Waals surface area contributed by atoms with Gasteiger partial charge in [-0.1, -0.05) is 18.9 Å². The number of piperidine rings is 1. The molecule has 1 aromatic carbocycles. The molecule has 0 aliphatic carbocycles. The Balaban J connectivity index is 1.66. The molecule has 3 rings (SSSR count). The van der Waals surface area contributed by atoms with Crippen LogP contribution in [0.25, 0.3) is 0 Å². The van der Waals surface area contributed by atoms with Crippen molar-refractivity contribution in [3.8, 4) is 0 Å². The molecule has 1 unspecified atom stereocenters. The Morgan fingerprint density at radius 2 is 1.89 bits per heavy atom. The number of nitrogens with one attached hydrogen (secondary N) is 2. The zero-order chi connectivity index (χ0) is 20.1. The van der Waals surface area contributed by atoms with Gasteiger partial charge in [-0.3, -0.25) is 29.4 Å². The van der Waals surface area contributed by atoms with Crippen LogP contribution in [-0.2, 0) is 9.59 Å². The Morgan fingerprint density at radius 1 is 1.11 bits per heavy atom. The number of amides is 4. The fourth-order valence-electron chi connectivity index (χ4n) is 3.54. The van der Waals surface area contributed by atoms with Crippen LogP contribution in [0.15, 0.2) is 23.1 Å².